The van der Waals surface area contributed by atoms with E-state index in [1.165, 1.54) is 7.11 Å². The molecule has 116 valence electrons. The number of carbonyl (C=O) groups excluding carboxylic acids is 1. The van der Waals surface area contributed by atoms with E-state index in [0.717, 1.165) is 16.3 Å². The van der Waals surface area contributed by atoms with Gasteiger partial charge in [0.2, 0.25) is 0 Å². The lowest BCUT2D eigenvalue weighted by Crippen LogP contribution is -2.13. The summed E-state index contributed by atoms with van der Waals surface area (Å²) in [5.41, 5.74) is 1.27. The van der Waals surface area contributed by atoms with Crippen LogP contribution < -0.4 is 14.8 Å². The maximum atomic E-state index is 12.5. The van der Waals surface area contributed by atoms with Gasteiger partial charge in [0.05, 0.1) is 25.5 Å². The first-order valence-corrected chi connectivity index (χ1v) is 7.93. The van der Waals surface area contributed by atoms with Crippen LogP contribution in [0.3, 0.4) is 0 Å². The summed E-state index contributed by atoms with van der Waals surface area (Å²) in [4.78, 5) is 13.6. The predicted octanol–water partition coefficient (Wildman–Crippen LogP) is 4.07. The Morgan fingerprint density at radius 3 is 2.59 bits per heavy atom. The van der Waals surface area contributed by atoms with Gasteiger partial charge in [-0.05, 0) is 30.0 Å². The van der Waals surface area contributed by atoms with Crippen LogP contribution in [-0.4, -0.2) is 25.9 Å². The molecule has 1 amide bonds. The Morgan fingerprint density at radius 1 is 1.14 bits per heavy atom. The molecule has 0 fully saturated rings. The number of hydrogen-bond donors (Lipinski definition) is 1. The van der Waals surface area contributed by atoms with Crippen LogP contribution in [0.5, 0.6) is 11.5 Å². The van der Waals surface area contributed by atoms with Gasteiger partial charge in [-0.25, -0.2) is 0 Å². The van der Waals surface area contributed by atoms with E-state index in [1.54, 1.807) is 37.1 Å². The molecule has 0 bridgehead atoms. The standard InChI is InChI=1S/C17H19NO3S/c1-4-22-16-8-6-5-7-14(16)18-17(19)13-10-9-12(20-2)11-15(13)21-3/h5-11H,4H2,1-3H3,(H,18,19). The minimum absolute atomic E-state index is 0.205. The lowest BCUT2D eigenvalue weighted by Gasteiger charge is -2.13. The Labute approximate surface area is 134 Å². The van der Waals surface area contributed by atoms with Crippen LogP contribution in [0.25, 0.3) is 0 Å². The summed E-state index contributed by atoms with van der Waals surface area (Å²) in [5.74, 6) is 1.87. The highest BCUT2D eigenvalue weighted by atomic mass is 32.2. The van der Waals surface area contributed by atoms with Crippen LogP contribution in [0, 0.1) is 0 Å². The van der Waals surface area contributed by atoms with Crippen molar-refractivity contribution in [3.05, 3.63) is 48.0 Å². The Kier molecular flexibility index (Phi) is 5.72. The molecular formula is C17H19NO3S. The van der Waals surface area contributed by atoms with E-state index in [4.69, 9.17) is 9.47 Å². The molecule has 0 aliphatic rings. The van der Waals surface area contributed by atoms with Gasteiger partial charge in [0.15, 0.2) is 0 Å². The van der Waals surface area contributed by atoms with Gasteiger partial charge in [0.1, 0.15) is 11.5 Å². The van der Waals surface area contributed by atoms with Crippen LogP contribution >= 0.6 is 11.8 Å². The quantitative estimate of drug-likeness (QED) is 0.816. The first-order valence-electron chi connectivity index (χ1n) is 6.94. The molecule has 0 atom stereocenters. The van der Waals surface area contributed by atoms with E-state index in [2.05, 4.69) is 12.2 Å². The Hall–Kier alpha value is -2.14. The Bertz CT molecular complexity index is 658. The minimum atomic E-state index is -0.205. The van der Waals surface area contributed by atoms with Crippen molar-refractivity contribution in [2.24, 2.45) is 0 Å². The van der Waals surface area contributed by atoms with Crippen LogP contribution in [0.4, 0.5) is 5.69 Å². The van der Waals surface area contributed by atoms with Gasteiger partial charge in [-0.1, -0.05) is 19.1 Å². The van der Waals surface area contributed by atoms with Gasteiger partial charge >= 0.3 is 0 Å². The molecule has 0 aliphatic carbocycles. The molecule has 1 N–H and O–H groups in total. The summed E-state index contributed by atoms with van der Waals surface area (Å²) in [6, 6.07) is 12.9. The molecular weight excluding hydrogens is 298 g/mol. The van der Waals surface area contributed by atoms with E-state index < -0.39 is 0 Å². The average Bonchev–Trinajstić information content (AvgIpc) is 2.56. The van der Waals surface area contributed by atoms with Crippen molar-refractivity contribution in [2.75, 3.05) is 25.3 Å². The number of rotatable bonds is 6. The Morgan fingerprint density at radius 2 is 1.91 bits per heavy atom. The zero-order valence-corrected chi connectivity index (χ0v) is 13.7. The molecule has 2 aromatic carbocycles. The number of para-hydroxylation sites is 1. The number of ether oxygens (including phenoxy) is 2. The Balaban J connectivity index is 2.26. The third-order valence-corrected chi connectivity index (χ3v) is 4.04. The van der Waals surface area contributed by atoms with Crippen LogP contribution in [-0.2, 0) is 0 Å². The third-order valence-electron chi connectivity index (χ3n) is 3.09. The second kappa shape index (κ2) is 7.75. The van der Waals surface area contributed by atoms with Gasteiger partial charge < -0.3 is 14.8 Å². The maximum absolute atomic E-state index is 12.5. The zero-order valence-electron chi connectivity index (χ0n) is 12.9. The number of thioether (sulfide) groups is 1. The summed E-state index contributed by atoms with van der Waals surface area (Å²) in [6.07, 6.45) is 0. The predicted molar refractivity (Wildman–Crippen MR) is 90.3 cm³/mol. The highest BCUT2D eigenvalue weighted by Crippen LogP contribution is 2.29. The second-order valence-electron chi connectivity index (χ2n) is 4.45. The molecule has 0 heterocycles. The number of amides is 1. The smallest absolute Gasteiger partial charge is 0.259 e. The van der Waals surface area contributed by atoms with Crippen molar-refractivity contribution in [3.8, 4) is 11.5 Å². The van der Waals surface area contributed by atoms with E-state index in [1.807, 2.05) is 24.3 Å². The highest BCUT2D eigenvalue weighted by molar-refractivity contribution is 7.99. The molecule has 0 spiro atoms. The summed E-state index contributed by atoms with van der Waals surface area (Å²) in [7, 11) is 3.11. The number of nitrogens with one attached hydrogen (secondary N) is 1. The van der Waals surface area contributed by atoms with Crippen LogP contribution in [0.2, 0.25) is 0 Å². The molecule has 2 rings (SSSR count). The maximum Gasteiger partial charge on any atom is 0.259 e. The van der Waals surface area contributed by atoms with Crippen molar-refractivity contribution in [1.29, 1.82) is 0 Å². The first kappa shape index (κ1) is 16.2. The number of benzene rings is 2. The topological polar surface area (TPSA) is 47.6 Å². The molecule has 0 saturated carbocycles. The SMILES string of the molecule is CCSc1ccccc1NC(=O)c1ccc(OC)cc1OC. The van der Waals surface area contributed by atoms with Gasteiger partial charge in [-0.2, -0.15) is 0 Å². The fourth-order valence-corrected chi connectivity index (χ4v) is 2.79. The van der Waals surface area contributed by atoms with E-state index in [0.29, 0.717) is 17.1 Å². The van der Waals surface area contributed by atoms with Crippen molar-refractivity contribution < 1.29 is 14.3 Å². The van der Waals surface area contributed by atoms with Crippen molar-refractivity contribution in [3.63, 3.8) is 0 Å². The summed E-state index contributed by atoms with van der Waals surface area (Å²) in [5, 5.41) is 2.94. The van der Waals surface area contributed by atoms with Crippen molar-refractivity contribution in [1.82, 2.24) is 0 Å². The van der Waals surface area contributed by atoms with E-state index in [-0.39, 0.29) is 5.91 Å². The number of hydrogen-bond acceptors (Lipinski definition) is 4. The van der Waals surface area contributed by atoms with Gasteiger partial charge in [-0.15, -0.1) is 11.8 Å². The zero-order chi connectivity index (χ0) is 15.9. The fourth-order valence-electron chi connectivity index (χ4n) is 2.03. The highest BCUT2D eigenvalue weighted by Gasteiger charge is 2.14. The molecule has 0 saturated heterocycles. The molecule has 5 heteroatoms. The van der Waals surface area contributed by atoms with Gasteiger partial charge in [-0.3, -0.25) is 4.79 Å². The third kappa shape index (κ3) is 3.74. The minimum Gasteiger partial charge on any atom is -0.497 e. The largest absolute Gasteiger partial charge is 0.497 e. The molecule has 22 heavy (non-hydrogen) atoms. The number of anilines is 1. The van der Waals surface area contributed by atoms with Gasteiger partial charge in [0, 0.05) is 11.0 Å². The van der Waals surface area contributed by atoms with Crippen LogP contribution in [0.15, 0.2) is 47.4 Å². The van der Waals surface area contributed by atoms with Gasteiger partial charge in [0.25, 0.3) is 5.91 Å². The fraction of sp³-hybridized carbons (Fsp3) is 0.235. The summed E-state index contributed by atoms with van der Waals surface area (Å²) < 4.78 is 10.4. The first-order chi connectivity index (χ1) is 10.7. The second-order valence-corrected chi connectivity index (χ2v) is 5.76. The average molecular weight is 317 g/mol. The number of methoxy groups -OCH3 is 2. The lowest BCUT2D eigenvalue weighted by atomic mass is 10.1. The molecule has 2 aromatic rings. The van der Waals surface area contributed by atoms with Crippen molar-refractivity contribution >= 4 is 23.4 Å². The van der Waals surface area contributed by atoms with E-state index in [9.17, 15) is 4.79 Å². The number of carbonyl (C=O) groups is 1. The molecule has 0 aromatic heterocycles. The molecule has 0 radical (unpaired) electrons. The monoisotopic (exact) mass is 317 g/mol. The normalized spacial score (nSPS) is 10.1. The van der Waals surface area contributed by atoms with Crippen LogP contribution in [0.1, 0.15) is 17.3 Å². The lowest BCUT2D eigenvalue weighted by molar-refractivity contribution is 0.102. The molecule has 4 nitrogen and oxygen atoms in total. The summed E-state index contributed by atoms with van der Waals surface area (Å²) >= 11 is 1.69. The van der Waals surface area contributed by atoms with E-state index >= 15 is 0 Å². The summed E-state index contributed by atoms with van der Waals surface area (Å²) in [6.45, 7) is 2.08. The molecule has 0 aliphatic heterocycles. The van der Waals surface area contributed by atoms with Crippen molar-refractivity contribution in [2.45, 2.75) is 11.8 Å². The molecule has 0 unspecified atom stereocenters.